The van der Waals surface area contributed by atoms with Crippen molar-refractivity contribution in [2.75, 3.05) is 16.0 Å². The molecule has 0 aliphatic heterocycles. The van der Waals surface area contributed by atoms with Crippen LogP contribution in [-0.2, 0) is 7.05 Å². The Kier molecular flexibility index (Phi) is 10.3. The lowest BCUT2D eigenvalue weighted by Crippen LogP contribution is -2.06. The molecule has 0 aliphatic rings. The molecule has 2 aromatic carbocycles. The van der Waals surface area contributed by atoms with Gasteiger partial charge in [-0.15, -0.1) is 0 Å². The van der Waals surface area contributed by atoms with Crippen LogP contribution in [0.15, 0.2) is 103 Å². The van der Waals surface area contributed by atoms with Gasteiger partial charge >= 0.3 is 6.18 Å². The minimum atomic E-state index is -4.19. The molecule has 4 aromatic rings. The van der Waals surface area contributed by atoms with E-state index in [1.807, 2.05) is 0 Å². The van der Waals surface area contributed by atoms with Crippen molar-refractivity contribution >= 4 is 41.0 Å². The van der Waals surface area contributed by atoms with E-state index < -0.39 is 17.6 Å². The Morgan fingerprint density at radius 1 is 1.02 bits per heavy atom. The summed E-state index contributed by atoms with van der Waals surface area (Å²) < 4.78 is 63.0. The van der Waals surface area contributed by atoms with E-state index in [2.05, 4.69) is 50.8 Å². The summed E-state index contributed by atoms with van der Waals surface area (Å²) in [5.74, 6) is 0.145. The van der Waals surface area contributed by atoms with E-state index in [-0.39, 0.29) is 23.5 Å². The normalized spacial score (nSPS) is 10.7. The molecule has 0 saturated carbocycles. The molecule has 214 valence electrons. The number of halogens is 5. The largest absolute Gasteiger partial charge is 0.411 e. The zero-order chi connectivity index (χ0) is 30.2. The molecule has 4 rings (SSSR count). The van der Waals surface area contributed by atoms with Gasteiger partial charge in [0, 0.05) is 41.2 Å². The first-order chi connectivity index (χ1) is 19.4. The highest BCUT2D eigenvalue weighted by Gasteiger charge is 2.27. The lowest BCUT2D eigenvalue weighted by molar-refractivity contribution is -0.0909. The molecule has 0 amide bonds. The van der Waals surface area contributed by atoms with E-state index in [4.69, 9.17) is 0 Å². The van der Waals surface area contributed by atoms with E-state index in [0.29, 0.717) is 33.6 Å². The number of anilines is 5. The molecule has 0 radical (unpaired) electrons. The average Bonchev–Trinajstić information content (AvgIpc) is 3.35. The third kappa shape index (κ3) is 8.67. The Labute approximate surface area is 238 Å². The standard InChI is InChI=1S/C24H21F2N7S.C4H5F3/c1-4-15(2)29-20-6-5-7-21(22(20)25)31-23-19(16-8-10-18(34-26)11-9-16)13-27-24(32-23)30-17-12-28-33(3)14-17;1-3(2)4(5,6)7/h4-14,29H,1-2H2,3H3,(H2,27,30,31,32);1H2,2H3. The summed E-state index contributed by atoms with van der Waals surface area (Å²) in [5.41, 5.74) is 2.20. The van der Waals surface area contributed by atoms with Crippen LogP contribution in [0.2, 0.25) is 0 Å². The molecule has 13 heteroatoms. The van der Waals surface area contributed by atoms with Crippen molar-refractivity contribution < 1.29 is 21.4 Å². The maximum Gasteiger partial charge on any atom is 0.411 e. The minimum Gasteiger partial charge on any atom is -0.354 e. The number of aromatic nitrogens is 4. The van der Waals surface area contributed by atoms with Gasteiger partial charge in [0.2, 0.25) is 5.95 Å². The monoisotopic (exact) mass is 587 g/mol. The summed E-state index contributed by atoms with van der Waals surface area (Å²) in [4.78, 5) is 9.43. The molecule has 0 bridgehead atoms. The third-order valence-electron chi connectivity index (χ3n) is 5.28. The summed E-state index contributed by atoms with van der Waals surface area (Å²) in [7, 11) is 1.80. The van der Waals surface area contributed by atoms with Crippen molar-refractivity contribution in [3.8, 4) is 11.1 Å². The summed E-state index contributed by atoms with van der Waals surface area (Å²) in [6.45, 7) is 11.0. The van der Waals surface area contributed by atoms with Crippen LogP contribution in [0.3, 0.4) is 0 Å². The Balaban J connectivity index is 0.000000587. The molecule has 2 aromatic heterocycles. The first-order valence-electron chi connectivity index (χ1n) is 11.8. The predicted molar refractivity (Wildman–Crippen MR) is 154 cm³/mol. The molecule has 3 N–H and O–H groups in total. The average molecular weight is 588 g/mol. The predicted octanol–water partition coefficient (Wildman–Crippen LogP) is 8.72. The summed E-state index contributed by atoms with van der Waals surface area (Å²) in [5, 5.41) is 13.1. The number of allylic oxidation sites excluding steroid dienone is 2. The van der Waals surface area contributed by atoms with Crippen LogP contribution >= 0.6 is 12.1 Å². The number of nitrogens with one attached hydrogen (secondary N) is 3. The minimum absolute atomic E-state index is 0.160. The van der Waals surface area contributed by atoms with Crippen molar-refractivity contribution in [1.82, 2.24) is 19.7 Å². The lowest BCUT2D eigenvalue weighted by atomic mass is 10.1. The van der Waals surface area contributed by atoms with Gasteiger partial charge in [-0.1, -0.05) is 37.9 Å². The van der Waals surface area contributed by atoms with Gasteiger partial charge in [-0.3, -0.25) is 4.68 Å². The third-order valence-corrected chi connectivity index (χ3v) is 5.73. The van der Waals surface area contributed by atoms with Gasteiger partial charge in [0.15, 0.2) is 5.82 Å². The van der Waals surface area contributed by atoms with Crippen molar-refractivity contribution in [3.63, 3.8) is 0 Å². The Bertz CT molecular complexity index is 1530. The molecule has 7 nitrogen and oxygen atoms in total. The van der Waals surface area contributed by atoms with Crippen LogP contribution in [0.25, 0.3) is 11.1 Å². The van der Waals surface area contributed by atoms with Crippen molar-refractivity contribution in [1.29, 1.82) is 0 Å². The van der Waals surface area contributed by atoms with E-state index in [1.54, 1.807) is 72.8 Å². The van der Waals surface area contributed by atoms with E-state index in [9.17, 15) is 17.1 Å². The summed E-state index contributed by atoms with van der Waals surface area (Å²) in [6, 6.07) is 11.7. The molecule has 0 unspecified atom stereocenters. The van der Waals surface area contributed by atoms with Gasteiger partial charge in [-0.25, -0.2) is 9.37 Å². The molecule has 41 heavy (non-hydrogen) atoms. The number of nitrogens with zero attached hydrogens (tertiary/aromatic N) is 4. The second-order valence-electron chi connectivity index (χ2n) is 8.51. The molecule has 0 fully saturated rings. The van der Waals surface area contributed by atoms with Crippen LogP contribution in [0.5, 0.6) is 0 Å². The number of rotatable bonds is 9. The molecule has 0 aliphatic carbocycles. The molecule has 0 atom stereocenters. The number of alkyl halides is 3. The summed E-state index contributed by atoms with van der Waals surface area (Å²) >= 11 is 0.160. The van der Waals surface area contributed by atoms with Crippen molar-refractivity contribution in [2.24, 2.45) is 7.05 Å². The first-order valence-corrected chi connectivity index (χ1v) is 12.5. The summed E-state index contributed by atoms with van der Waals surface area (Å²) in [6.07, 6.45) is 2.33. The lowest BCUT2D eigenvalue weighted by Gasteiger charge is -2.15. The SMILES string of the molecule is C=C(C)C(F)(F)F.C=CC(=C)Nc1cccc(Nc2nc(Nc3cnn(C)c3)ncc2-c2ccc(SF)cc2)c1F. The fraction of sp³-hybridized carbons (Fsp3) is 0.107. The van der Waals surface area contributed by atoms with Gasteiger partial charge < -0.3 is 16.0 Å². The quantitative estimate of drug-likeness (QED) is 0.103. The van der Waals surface area contributed by atoms with E-state index in [0.717, 1.165) is 12.5 Å². The van der Waals surface area contributed by atoms with Crippen LogP contribution in [0, 0.1) is 5.82 Å². The number of hydrogen-bond donors (Lipinski definition) is 3. The van der Waals surface area contributed by atoms with E-state index >= 15 is 4.39 Å². The second-order valence-corrected chi connectivity index (χ2v) is 9.14. The first kappa shape index (κ1) is 30.9. The second kappa shape index (κ2) is 13.6. The highest BCUT2D eigenvalue weighted by atomic mass is 32.2. The maximum atomic E-state index is 15.2. The maximum absolute atomic E-state index is 15.2. The molecule has 2 heterocycles. The molecular weight excluding hydrogens is 561 g/mol. The number of hydrogen-bond acceptors (Lipinski definition) is 7. The van der Waals surface area contributed by atoms with Gasteiger partial charge in [0.05, 0.1) is 35.4 Å². The molecule has 0 spiro atoms. The van der Waals surface area contributed by atoms with E-state index in [1.165, 1.54) is 6.08 Å². The van der Waals surface area contributed by atoms with Crippen LogP contribution in [0.4, 0.5) is 50.3 Å². The Morgan fingerprint density at radius 2 is 1.68 bits per heavy atom. The molecular formula is C28H26F5N7S. The Hall–Kier alpha value is -4.65. The smallest absolute Gasteiger partial charge is 0.354 e. The number of aryl methyl sites for hydroxylation is 1. The zero-order valence-electron chi connectivity index (χ0n) is 22.1. The topological polar surface area (TPSA) is 79.7 Å². The van der Waals surface area contributed by atoms with Crippen LogP contribution < -0.4 is 16.0 Å². The fourth-order valence-electron chi connectivity index (χ4n) is 3.13. The van der Waals surface area contributed by atoms with Gasteiger partial charge in [0.25, 0.3) is 0 Å². The van der Waals surface area contributed by atoms with Gasteiger partial charge in [0.1, 0.15) is 5.82 Å². The van der Waals surface area contributed by atoms with Gasteiger partial charge in [-0.05, 0) is 42.8 Å². The van der Waals surface area contributed by atoms with Crippen molar-refractivity contribution in [3.05, 3.63) is 104 Å². The Morgan fingerprint density at radius 3 is 2.24 bits per heavy atom. The highest BCUT2D eigenvalue weighted by Crippen LogP contribution is 2.33. The van der Waals surface area contributed by atoms with Crippen LogP contribution in [-0.4, -0.2) is 25.9 Å². The molecule has 0 saturated heterocycles. The zero-order valence-corrected chi connectivity index (χ0v) is 22.9. The fourth-order valence-corrected chi connectivity index (χ4v) is 3.36. The van der Waals surface area contributed by atoms with Crippen molar-refractivity contribution in [2.45, 2.75) is 18.0 Å². The highest BCUT2D eigenvalue weighted by molar-refractivity contribution is 7.94. The number of benzene rings is 2. The van der Waals surface area contributed by atoms with Crippen LogP contribution in [0.1, 0.15) is 6.92 Å². The van der Waals surface area contributed by atoms with Gasteiger partial charge in [-0.2, -0.15) is 27.1 Å².